The van der Waals surface area contributed by atoms with Crippen molar-refractivity contribution < 1.29 is 9.53 Å². The number of hydrogen-bond donors (Lipinski definition) is 1. The van der Waals surface area contributed by atoms with Crippen LogP contribution in [-0.2, 0) is 11.2 Å². The molecule has 0 spiro atoms. The smallest absolute Gasteiger partial charge is 0.340 e. The van der Waals surface area contributed by atoms with Gasteiger partial charge in [-0.3, -0.25) is 4.98 Å². The number of para-hydroxylation sites is 1. The van der Waals surface area contributed by atoms with Crippen LogP contribution >= 0.6 is 0 Å². The number of benzene rings is 1. The number of carbonyl (C=O) groups is 1. The monoisotopic (exact) mass is 377 g/mol. The molecule has 3 aromatic rings. The number of esters is 1. The zero-order chi connectivity index (χ0) is 19.8. The number of rotatable bonds is 8. The van der Waals surface area contributed by atoms with E-state index in [9.17, 15) is 4.79 Å². The molecule has 0 amide bonds. The van der Waals surface area contributed by atoms with Crippen LogP contribution in [0, 0.1) is 0 Å². The minimum atomic E-state index is -0.366. The molecule has 7 nitrogen and oxygen atoms in total. The van der Waals surface area contributed by atoms with Gasteiger partial charge in [-0.05, 0) is 43.2 Å². The van der Waals surface area contributed by atoms with Gasteiger partial charge in [-0.1, -0.05) is 12.1 Å². The lowest BCUT2D eigenvalue weighted by molar-refractivity contribution is 0.0527. The van der Waals surface area contributed by atoms with Crippen molar-refractivity contribution in [3.63, 3.8) is 0 Å². The molecule has 1 aromatic carbocycles. The molecular formula is C21H23N5O2. The molecule has 0 aliphatic heterocycles. The molecule has 0 aliphatic carbocycles. The average Bonchev–Trinajstić information content (AvgIpc) is 2.73. The third-order valence-corrected chi connectivity index (χ3v) is 4.21. The Bertz CT molecular complexity index is 917. The normalized spacial score (nSPS) is 10.4. The molecule has 2 heterocycles. The third-order valence-electron chi connectivity index (χ3n) is 4.21. The van der Waals surface area contributed by atoms with E-state index in [0.29, 0.717) is 23.7 Å². The zero-order valence-corrected chi connectivity index (χ0v) is 16.0. The first kappa shape index (κ1) is 19.3. The Morgan fingerprint density at radius 3 is 2.71 bits per heavy atom. The number of nitrogens with zero attached hydrogens (tertiary/aromatic N) is 4. The Morgan fingerprint density at radius 1 is 1.14 bits per heavy atom. The number of anilines is 3. The van der Waals surface area contributed by atoms with Gasteiger partial charge in [0.2, 0.25) is 0 Å². The lowest BCUT2D eigenvalue weighted by atomic mass is 10.2. The lowest BCUT2D eigenvalue weighted by Crippen LogP contribution is -2.21. The maximum atomic E-state index is 12.1. The number of carbonyl (C=O) groups excluding carboxylic acids is 1. The second-order valence-electron chi connectivity index (χ2n) is 6.18. The number of pyridine rings is 1. The molecule has 3 rings (SSSR count). The predicted molar refractivity (Wildman–Crippen MR) is 109 cm³/mol. The SMILES string of the molecule is CCOC(=O)c1ccccc1Nc1cc(N(C)CCc2ccncc2)ncn1. The molecule has 0 atom stereocenters. The summed E-state index contributed by atoms with van der Waals surface area (Å²) in [5.41, 5.74) is 2.33. The van der Waals surface area contributed by atoms with E-state index in [1.54, 1.807) is 31.5 Å². The summed E-state index contributed by atoms with van der Waals surface area (Å²) >= 11 is 0. The molecule has 0 aliphatic rings. The Morgan fingerprint density at radius 2 is 1.93 bits per heavy atom. The Kier molecular flexibility index (Phi) is 6.51. The quantitative estimate of drug-likeness (QED) is 0.602. The van der Waals surface area contributed by atoms with Gasteiger partial charge < -0.3 is 15.0 Å². The largest absolute Gasteiger partial charge is 0.462 e. The summed E-state index contributed by atoms with van der Waals surface area (Å²) in [6.07, 6.45) is 5.98. The van der Waals surface area contributed by atoms with E-state index in [4.69, 9.17) is 4.74 Å². The van der Waals surface area contributed by atoms with E-state index in [0.717, 1.165) is 18.8 Å². The molecule has 7 heteroatoms. The van der Waals surface area contributed by atoms with Crippen LogP contribution in [0.1, 0.15) is 22.8 Å². The van der Waals surface area contributed by atoms with Crippen molar-refractivity contribution in [1.82, 2.24) is 15.0 Å². The van der Waals surface area contributed by atoms with E-state index in [-0.39, 0.29) is 5.97 Å². The molecule has 0 bridgehead atoms. The van der Waals surface area contributed by atoms with Crippen molar-refractivity contribution in [1.29, 1.82) is 0 Å². The number of likely N-dealkylation sites (N-methyl/N-ethyl adjacent to an activating group) is 1. The van der Waals surface area contributed by atoms with Crippen LogP contribution in [0.2, 0.25) is 0 Å². The van der Waals surface area contributed by atoms with Crippen molar-refractivity contribution in [2.45, 2.75) is 13.3 Å². The maximum Gasteiger partial charge on any atom is 0.340 e. The highest BCUT2D eigenvalue weighted by Crippen LogP contribution is 2.22. The Balaban J connectivity index is 1.71. The van der Waals surface area contributed by atoms with Gasteiger partial charge in [0.25, 0.3) is 0 Å². The third kappa shape index (κ3) is 5.03. The van der Waals surface area contributed by atoms with Crippen molar-refractivity contribution in [3.8, 4) is 0 Å². The molecule has 0 saturated carbocycles. The topological polar surface area (TPSA) is 80.2 Å². The lowest BCUT2D eigenvalue weighted by Gasteiger charge is -2.19. The first-order valence-corrected chi connectivity index (χ1v) is 9.12. The van der Waals surface area contributed by atoms with Gasteiger partial charge in [0.1, 0.15) is 18.0 Å². The minimum absolute atomic E-state index is 0.326. The van der Waals surface area contributed by atoms with Gasteiger partial charge in [0.15, 0.2) is 0 Å². The Labute approximate surface area is 164 Å². The van der Waals surface area contributed by atoms with Gasteiger partial charge >= 0.3 is 5.97 Å². The van der Waals surface area contributed by atoms with E-state index in [1.807, 2.05) is 37.4 Å². The molecule has 1 N–H and O–H groups in total. The molecule has 0 fully saturated rings. The van der Waals surface area contributed by atoms with Crippen molar-refractivity contribution in [2.24, 2.45) is 0 Å². The van der Waals surface area contributed by atoms with E-state index in [1.165, 1.54) is 11.9 Å². The highest BCUT2D eigenvalue weighted by Gasteiger charge is 2.13. The maximum absolute atomic E-state index is 12.1. The van der Waals surface area contributed by atoms with Crippen molar-refractivity contribution in [2.75, 3.05) is 30.4 Å². The molecule has 2 aromatic heterocycles. The second kappa shape index (κ2) is 9.45. The van der Waals surface area contributed by atoms with Crippen LogP contribution in [0.25, 0.3) is 0 Å². The van der Waals surface area contributed by atoms with Gasteiger partial charge in [0, 0.05) is 32.1 Å². The fourth-order valence-electron chi connectivity index (χ4n) is 2.70. The van der Waals surface area contributed by atoms with Gasteiger partial charge in [-0.15, -0.1) is 0 Å². The fraction of sp³-hybridized carbons (Fsp3) is 0.238. The van der Waals surface area contributed by atoms with Gasteiger partial charge in [-0.25, -0.2) is 14.8 Å². The summed E-state index contributed by atoms with van der Waals surface area (Å²) in [5, 5.41) is 3.19. The van der Waals surface area contributed by atoms with Crippen LogP contribution in [0.5, 0.6) is 0 Å². The van der Waals surface area contributed by atoms with Crippen molar-refractivity contribution >= 4 is 23.3 Å². The molecule has 144 valence electrons. The standard InChI is InChI=1S/C21H23N5O2/c1-3-28-21(27)17-6-4-5-7-18(17)25-19-14-20(24-15-23-19)26(2)13-10-16-8-11-22-12-9-16/h4-9,11-12,14-15H,3,10,13H2,1-2H3,(H,23,24,25). The average molecular weight is 377 g/mol. The predicted octanol–water partition coefficient (Wildman–Crippen LogP) is 3.47. The summed E-state index contributed by atoms with van der Waals surface area (Å²) < 4.78 is 5.12. The summed E-state index contributed by atoms with van der Waals surface area (Å²) in [6, 6.07) is 13.1. The summed E-state index contributed by atoms with van der Waals surface area (Å²) in [6.45, 7) is 2.92. The summed E-state index contributed by atoms with van der Waals surface area (Å²) in [7, 11) is 1.99. The first-order valence-electron chi connectivity index (χ1n) is 9.12. The number of nitrogens with one attached hydrogen (secondary N) is 1. The molecule has 28 heavy (non-hydrogen) atoms. The first-order chi connectivity index (χ1) is 13.7. The highest BCUT2D eigenvalue weighted by molar-refractivity contribution is 5.96. The van der Waals surface area contributed by atoms with Crippen LogP contribution in [0.15, 0.2) is 61.2 Å². The number of ether oxygens (including phenoxy) is 1. The zero-order valence-electron chi connectivity index (χ0n) is 16.0. The fourth-order valence-corrected chi connectivity index (χ4v) is 2.70. The minimum Gasteiger partial charge on any atom is -0.462 e. The van der Waals surface area contributed by atoms with Gasteiger partial charge in [-0.2, -0.15) is 0 Å². The van der Waals surface area contributed by atoms with Crippen LogP contribution in [-0.4, -0.2) is 41.1 Å². The summed E-state index contributed by atoms with van der Waals surface area (Å²) in [4.78, 5) is 26.9. The van der Waals surface area contributed by atoms with Crippen LogP contribution < -0.4 is 10.2 Å². The van der Waals surface area contributed by atoms with Gasteiger partial charge in [0.05, 0.1) is 17.9 Å². The number of hydrogen-bond acceptors (Lipinski definition) is 7. The van der Waals surface area contributed by atoms with E-state index >= 15 is 0 Å². The number of aromatic nitrogens is 3. The Hall–Kier alpha value is -3.48. The summed E-state index contributed by atoms with van der Waals surface area (Å²) in [5.74, 6) is 1.03. The second-order valence-corrected chi connectivity index (χ2v) is 6.18. The van der Waals surface area contributed by atoms with Crippen LogP contribution in [0.4, 0.5) is 17.3 Å². The van der Waals surface area contributed by atoms with E-state index in [2.05, 4.69) is 25.2 Å². The molecule has 0 unspecified atom stereocenters. The molecular weight excluding hydrogens is 354 g/mol. The molecule has 0 saturated heterocycles. The molecule has 0 radical (unpaired) electrons. The van der Waals surface area contributed by atoms with Crippen molar-refractivity contribution in [3.05, 3.63) is 72.3 Å². The van der Waals surface area contributed by atoms with Crippen LogP contribution in [0.3, 0.4) is 0 Å². The highest BCUT2D eigenvalue weighted by atomic mass is 16.5. The van der Waals surface area contributed by atoms with E-state index < -0.39 is 0 Å².